The average molecular weight is 187 g/mol. The minimum Gasteiger partial charge on any atom is -0.309 e. The fourth-order valence-electron chi connectivity index (χ4n) is 1.43. The highest BCUT2D eigenvalue weighted by molar-refractivity contribution is 7.99. The van der Waals surface area contributed by atoms with Crippen LogP contribution in [0.2, 0.25) is 0 Å². The number of nitrogens with zero attached hydrogens (tertiary/aromatic N) is 2. The molecule has 0 spiro atoms. The normalized spacial score (nSPS) is 29.6. The summed E-state index contributed by atoms with van der Waals surface area (Å²) in [5, 5.41) is 0.719. The third kappa shape index (κ3) is 0.914. The molecule has 2 aliphatic rings. The number of rotatable bonds is 0. The summed E-state index contributed by atoms with van der Waals surface area (Å²) in [6, 6.07) is -0.661. The van der Waals surface area contributed by atoms with Crippen LogP contribution in [0, 0.1) is 0 Å². The molecule has 1 unspecified atom stereocenters. The summed E-state index contributed by atoms with van der Waals surface area (Å²) in [5.74, 6) is 6.56. The minimum atomic E-state index is -0.356. The molecule has 0 saturated carbocycles. The first kappa shape index (κ1) is 7.88. The summed E-state index contributed by atoms with van der Waals surface area (Å²) in [6.07, 6.45) is 0. The summed E-state index contributed by atoms with van der Waals surface area (Å²) in [4.78, 5) is 24.1. The maximum absolute atomic E-state index is 11.3. The summed E-state index contributed by atoms with van der Waals surface area (Å²) in [6.45, 7) is 0.633. The monoisotopic (exact) mass is 187 g/mol. The van der Waals surface area contributed by atoms with Crippen molar-refractivity contribution in [2.24, 2.45) is 5.84 Å². The van der Waals surface area contributed by atoms with Crippen LogP contribution in [0.3, 0.4) is 0 Å². The van der Waals surface area contributed by atoms with Gasteiger partial charge in [-0.25, -0.2) is 10.6 Å². The Bertz CT molecular complexity index is 221. The summed E-state index contributed by atoms with van der Waals surface area (Å²) >= 11 is 1.68. The minimum absolute atomic E-state index is 0.271. The molecule has 0 aliphatic carbocycles. The fraction of sp³-hybridized carbons (Fsp3) is 0.667. The van der Waals surface area contributed by atoms with Crippen molar-refractivity contribution in [3.8, 4) is 0 Å². The van der Waals surface area contributed by atoms with E-state index in [0.717, 1.165) is 10.8 Å². The Morgan fingerprint density at radius 2 is 2.25 bits per heavy atom. The number of thioether (sulfide) groups is 1. The van der Waals surface area contributed by atoms with Gasteiger partial charge >= 0.3 is 6.03 Å². The van der Waals surface area contributed by atoms with E-state index in [-0.39, 0.29) is 18.0 Å². The van der Waals surface area contributed by atoms with Crippen molar-refractivity contribution < 1.29 is 9.59 Å². The highest BCUT2D eigenvalue weighted by Crippen LogP contribution is 2.23. The largest absolute Gasteiger partial charge is 0.342 e. The van der Waals surface area contributed by atoms with Gasteiger partial charge in [-0.15, -0.1) is 0 Å². The van der Waals surface area contributed by atoms with Crippen LogP contribution in [0.25, 0.3) is 0 Å². The van der Waals surface area contributed by atoms with E-state index >= 15 is 0 Å². The molecule has 6 heteroatoms. The lowest BCUT2D eigenvalue weighted by Crippen LogP contribution is -2.41. The summed E-state index contributed by atoms with van der Waals surface area (Å²) < 4.78 is 0. The lowest BCUT2D eigenvalue weighted by atomic mass is 10.3. The van der Waals surface area contributed by atoms with Gasteiger partial charge in [-0.1, -0.05) is 0 Å². The second-order valence-corrected chi connectivity index (χ2v) is 3.92. The Morgan fingerprint density at radius 1 is 1.50 bits per heavy atom. The van der Waals surface area contributed by atoms with Crippen LogP contribution in [0.15, 0.2) is 0 Å². The van der Waals surface area contributed by atoms with Gasteiger partial charge in [0, 0.05) is 18.1 Å². The number of hydrogen-bond acceptors (Lipinski definition) is 4. The zero-order valence-electron chi connectivity index (χ0n) is 6.40. The Kier molecular flexibility index (Phi) is 1.73. The van der Waals surface area contributed by atoms with Crippen molar-refractivity contribution in [2.45, 2.75) is 6.04 Å². The number of fused-ring (bicyclic) bond motifs is 1. The molecule has 2 N–H and O–H groups in total. The quantitative estimate of drug-likeness (QED) is 0.307. The Morgan fingerprint density at radius 3 is 2.92 bits per heavy atom. The number of carbonyl (C=O) groups excluding carboxylic acids is 2. The first-order valence-electron chi connectivity index (χ1n) is 3.69. The molecule has 2 fully saturated rings. The smallest absolute Gasteiger partial charge is 0.309 e. The summed E-state index contributed by atoms with van der Waals surface area (Å²) in [7, 11) is 0. The average Bonchev–Trinajstić information content (AvgIpc) is 2.33. The number of urea groups is 1. The molecule has 0 bridgehead atoms. The number of nitrogens with two attached hydrogens (primary N) is 1. The van der Waals surface area contributed by atoms with Crippen molar-refractivity contribution in [3.05, 3.63) is 0 Å². The van der Waals surface area contributed by atoms with Gasteiger partial charge in [0.25, 0.3) is 5.91 Å². The number of carbonyl (C=O) groups is 2. The highest BCUT2D eigenvalue weighted by Gasteiger charge is 2.44. The molecule has 5 nitrogen and oxygen atoms in total. The van der Waals surface area contributed by atoms with E-state index in [9.17, 15) is 9.59 Å². The van der Waals surface area contributed by atoms with E-state index in [1.807, 2.05) is 0 Å². The van der Waals surface area contributed by atoms with Gasteiger partial charge in [-0.05, 0) is 0 Å². The third-order valence-corrected chi connectivity index (χ3v) is 3.13. The number of hydrogen-bond donors (Lipinski definition) is 1. The number of amides is 3. The first-order chi connectivity index (χ1) is 5.72. The first-order valence-corrected chi connectivity index (χ1v) is 4.84. The van der Waals surface area contributed by atoms with Crippen LogP contribution >= 0.6 is 11.8 Å². The van der Waals surface area contributed by atoms with Gasteiger partial charge < -0.3 is 4.90 Å². The van der Waals surface area contributed by atoms with E-state index in [4.69, 9.17) is 5.84 Å². The predicted molar refractivity (Wildman–Crippen MR) is 44.2 cm³/mol. The van der Waals surface area contributed by atoms with Gasteiger partial charge in [-0.2, -0.15) is 16.8 Å². The van der Waals surface area contributed by atoms with E-state index in [2.05, 4.69) is 0 Å². The van der Waals surface area contributed by atoms with Crippen LogP contribution in [0.4, 0.5) is 4.79 Å². The van der Waals surface area contributed by atoms with E-state index in [0.29, 0.717) is 12.3 Å². The maximum Gasteiger partial charge on any atom is 0.342 e. The molecule has 2 saturated heterocycles. The molecule has 1 atom stereocenters. The van der Waals surface area contributed by atoms with Crippen LogP contribution in [-0.4, -0.2) is 45.9 Å². The van der Waals surface area contributed by atoms with E-state index < -0.39 is 0 Å². The zero-order valence-corrected chi connectivity index (χ0v) is 7.21. The molecule has 2 aliphatic heterocycles. The second-order valence-electron chi connectivity index (χ2n) is 2.77. The van der Waals surface area contributed by atoms with E-state index in [1.54, 1.807) is 16.7 Å². The lowest BCUT2D eigenvalue weighted by Gasteiger charge is -2.25. The van der Waals surface area contributed by atoms with Crippen LogP contribution < -0.4 is 5.84 Å². The van der Waals surface area contributed by atoms with Gasteiger partial charge in [0.1, 0.15) is 6.04 Å². The molecule has 2 rings (SSSR count). The van der Waals surface area contributed by atoms with Crippen molar-refractivity contribution in [2.75, 3.05) is 18.1 Å². The molecule has 0 aromatic carbocycles. The molecular weight excluding hydrogens is 178 g/mol. The third-order valence-electron chi connectivity index (χ3n) is 2.10. The Balaban J connectivity index is 2.25. The van der Waals surface area contributed by atoms with Crippen LogP contribution in [0.5, 0.6) is 0 Å². The van der Waals surface area contributed by atoms with Crippen molar-refractivity contribution in [1.82, 2.24) is 9.91 Å². The highest BCUT2D eigenvalue weighted by atomic mass is 32.2. The van der Waals surface area contributed by atoms with Gasteiger partial charge in [0.2, 0.25) is 0 Å². The lowest BCUT2D eigenvalue weighted by molar-refractivity contribution is -0.127. The van der Waals surface area contributed by atoms with Gasteiger partial charge in [0.15, 0.2) is 0 Å². The SMILES string of the molecule is NN1C(=O)C2CSCCN2C1=O. The van der Waals surface area contributed by atoms with Crippen molar-refractivity contribution in [1.29, 1.82) is 0 Å². The summed E-state index contributed by atoms with van der Waals surface area (Å²) in [5.41, 5.74) is 0. The molecule has 0 radical (unpaired) electrons. The zero-order chi connectivity index (χ0) is 8.72. The Hall–Kier alpha value is -0.750. The molecule has 3 amide bonds. The van der Waals surface area contributed by atoms with Crippen LogP contribution in [-0.2, 0) is 4.79 Å². The maximum atomic E-state index is 11.3. The molecule has 0 aromatic heterocycles. The standard InChI is InChI=1S/C6H9N3O2S/c7-9-5(10)4-3-12-2-1-8(4)6(9)11/h4H,1-3,7H2. The van der Waals surface area contributed by atoms with Gasteiger partial charge in [0.05, 0.1) is 0 Å². The van der Waals surface area contributed by atoms with Gasteiger partial charge in [-0.3, -0.25) is 4.79 Å². The van der Waals surface area contributed by atoms with Crippen molar-refractivity contribution >= 4 is 23.7 Å². The number of imide groups is 1. The molecule has 12 heavy (non-hydrogen) atoms. The Labute approximate surface area is 73.8 Å². The fourth-order valence-corrected chi connectivity index (χ4v) is 2.47. The second kappa shape index (κ2) is 2.63. The van der Waals surface area contributed by atoms with Crippen molar-refractivity contribution in [3.63, 3.8) is 0 Å². The van der Waals surface area contributed by atoms with Crippen LogP contribution in [0.1, 0.15) is 0 Å². The molecule has 2 heterocycles. The molecule has 66 valence electrons. The molecule has 0 aromatic rings. The number of hydrazine groups is 1. The van der Waals surface area contributed by atoms with E-state index in [1.165, 1.54) is 0 Å². The predicted octanol–water partition coefficient (Wildman–Crippen LogP) is -0.760. The molecular formula is C6H9N3O2S. The topological polar surface area (TPSA) is 66.6 Å².